The van der Waals surface area contributed by atoms with Crippen molar-refractivity contribution in [1.29, 1.82) is 0 Å². The number of rotatable bonds is 4. The second-order valence-corrected chi connectivity index (χ2v) is 4.67. The van der Waals surface area contributed by atoms with Gasteiger partial charge in [0.15, 0.2) is 0 Å². The second-order valence-electron chi connectivity index (χ2n) is 4.67. The molecule has 2 rings (SSSR count). The monoisotopic (exact) mass is 236 g/mol. The van der Waals surface area contributed by atoms with Gasteiger partial charge in [0.2, 0.25) is 5.95 Å². The topological polar surface area (TPSA) is 33.1 Å². The third-order valence-electron chi connectivity index (χ3n) is 3.26. The van der Waals surface area contributed by atoms with E-state index in [0.29, 0.717) is 0 Å². The van der Waals surface area contributed by atoms with Crippen molar-refractivity contribution in [2.24, 2.45) is 0 Å². The SMILES string of the molecule is CCCn1cc(CC)nc1N1CCCNCC1. The molecule has 1 fully saturated rings. The molecule has 1 aliphatic rings. The fraction of sp³-hybridized carbons (Fsp3) is 0.769. The molecule has 4 heteroatoms. The molecule has 1 aromatic rings. The molecule has 0 spiro atoms. The van der Waals surface area contributed by atoms with Gasteiger partial charge in [-0.2, -0.15) is 0 Å². The van der Waals surface area contributed by atoms with Gasteiger partial charge in [-0.25, -0.2) is 4.98 Å². The van der Waals surface area contributed by atoms with Crippen LogP contribution in [-0.2, 0) is 13.0 Å². The van der Waals surface area contributed by atoms with Crippen LogP contribution < -0.4 is 10.2 Å². The number of imidazole rings is 1. The number of aromatic nitrogens is 2. The lowest BCUT2D eigenvalue weighted by Crippen LogP contribution is -2.30. The third-order valence-corrected chi connectivity index (χ3v) is 3.26. The Labute approximate surface area is 104 Å². The van der Waals surface area contributed by atoms with Crippen LogP contribution in [0.25, 0.3) is 0 Å². The van der Waals surface area contributed by atoms with E-state index >= 15 is 0 Å². The van der Waals surface area contributed by atoms with Crippen molar-refractivity contribution < 1.29 is 0 Å². The lowest BCUT2D eigenvalue weighted by Gasteiger charge is -2.22. The van der Waals surface area contributed by atoms with Gasteiger partial charge in [0.25, 0.3) is 0 Å². The first-order valence-electron chi connectivity index (χ1n) is 6.86. The van der Waals surface area contributed by atoms with Crippen LogP contribution in [-0.4, -0.2) is 35.7 Å². The van der Waals surface area contributed by atoms with Crippen LogP contribution in [0.4, 0.5) is 5.95 Å². The van der Waals surface area contributed by atoms with Crippen molar-refractivity contribution in [2.45, 2.75) is 39.7 Å². The summed E-state index contributed by atoms with van der Waals surface area (Å²) < 4.78 is 2.32. The maximum absolute atomic E-state index is 4.77. The molecule has 0 atom stereocenters. The minimum atomic E-state index is 1.02. The number of aryl methyl sites for hydroxylation is 2. The first-order chi connectivity index (χ1) is 8.35. The molecule has 2 heterocycles. The van der Waals surface area contributed by atoms with Gasteiger partial charge in [0.1, 0.15) is 0 Å². The standard InChI is InChI=1S/C13H24N4/c1-3-8-17-11-12(4-2)15-13(17)16-9-5-6-14-7-10-16/h11,14H,3-10H2,1-2H3. The van der Waals surface area contributed by atoms with E-state index in [1.807, 2.05) is 0 Å². The molecule has 0 saturated carbocycles. The highest BCUT2D eigenvalue weighted by Gasteiger charge is 2.15. The fourth-order valence-corrected chi connectivity index (χ4v) is 2.33. The summed E-state index contributed by atoms with van der Waals surface area (Å²) in [6.07, 6.45) is 5.62. The van der Waals surface area contributed by atoms with Crippen LogP contribution in [0, 0.1) is 0 Å². The Balaban J connectivity index is 2.18. The van der Waals surface area contributed by atoms with E-state index in [0.717, 1.165) is 39.1 Å². The Morgan fingerprint density at radius 1 is 1.29 bits per heavy atom. The third kappa shape index (κ3) is 3.00. The average Bonchev–Trinajstić information content (AvgIpc) is 2.58. The van der Waals surface area contributed by atoms with Crippen LogP contribution in [0.1, 0.15) is 32.4 Å². The summed E-state index contributed by atoms with van der Waals surface area (Å²) in [5.41, 5.74) is 1.21. The van der Waals surface area contributed by atoms with Crippen LogP contribution in [0.5, 0.6) is 0 Å². The zero-order valence-electron chi connectivity index (χ0n) is 11.1. The van der Waals surface area contributed by atoms with Crippen LogP contribution in [0.3, 0.4) is 0 Å². The normalized spacial score (nSPS) is 17.2. The summed E-state index contributed by atoms with van der Waals surface area (Å²) >= 11 is 0. The maximum Gasteiger partial charge on any atom is 0.205 e. The van der Waals surface area contributed by atoms with E-state index in [-0.39, 0.29) is 0 Å². The minimum Gasteiger partial charge on any atom is -0.341 e. The van der Waals surface area contributed by atoms with E-state index in [1.165, 1.54) is 24.5 Å². The molecule has 1 N–H and O–H groups in total. The molecule has 1 saturated heterocycles. The Bertz CT molecular complexity index is 337. The van der Waals surface area contributed by atoms with Crippen molar-refractivity contribution in [3.63, 3.8) is 0 Å². The molecule has 1 aliphatic heterocycles. The molecular weight excluding hydrogens is 212 g/mol. The number of hydrogen-bond donors (Lipinski definition) is 1. The van der Waals surface area contributed by atoms with Gasteiger partial charge in [0, 0.05) is 32.4 Å². The number of hydrogen-bond acceptors (Lipinski definition) is 3. The number of nitrogens with one attached hydrogen (secondary N) is 1. The van der Waals surface area contributed by atoms with E-state index in [2.05, 4.69) is 34.8 Å². The van der Waals surface area contributed by atoms with Crippen molar-refractivity contribution in [1.82, 2.24) is 14.9 Å². The molecule has 1 aromatic heterocycles. The molecule has 0 aromatic carbocycles. The molecule has 0 amide bonds. The highest BCUT2D eigenvalue weighted by molar-refractivity contribution is 5.34. The summed E-state index contributed by atoms with van der Waals surface area (Å²) in [5.74, 6) is 1.17. The molecule has 0 aliphatic carbocycles. The van der Waals surface area contributed by atoms with Crippen molar-refractivity contribution in [3.8, 4) is 0 Å². The molecular formula is C13H24N4. The zero-order chi connectivity index (χ0) is 12.1. The van der Waals surface area contributed by atoms with Crippen molar-refractivity contribution in [3.05, 3.63) is 11.9 Å². The summed E-state index contributed by atoms with van der Waals surface area (Å²) in [6.45, 7) is 9.87. The zero-order valence-corrected chi connectivity index (χ0v) is 11.1. The second kappa shape index (κ2) is 6.05. The minimum absolute atomic E-state index is 1.02. The maximum atomic E-state index is 4.77. The summed E-state index contributed by atoms with van der Waals surface area (Å²) in [6, 6.07) is 0. The highest BCUT2D eigenvalue weighted by atomic mass is 15.3. The van der Waals surface area contributed by atoms with E-state index in [9.17, 15) is 0 Å². The lowest BCUT2D eigenvalue weighted by atomic mass is 10.4. The highest BCUT2D eigenvalue weighted by Crippen LogP contribution is 2.16. The van der Waals surface area contributed by atoms with Gasteiger partial charge in [-0.05, 0) is 25.8 Å². The van der Waals surface area contributed by atoms with Crippen LogP contribution in [0.2, 0.25) is 0 Å². The summed E-state index contributed by atoms with van der Waals surface area (Å²) in [7, 11) is 0. The van der Waals surface area contributed by atoms with Gasteiger partial charge in [-0.1, -0.05) is 13.8 Å². The van der Waals surface area contributed by atoms with Gasteiger partial charge < -0.3 is 14.8 Å². The van der Waals surface area contributed by atoms with Crippen molar-refractivity contribution >= 4 is 5.95 Å². The average molecular weight is 236 g/mol. The Kier molecular flexibility index (Phi) is 4.42. The molecule has 17 heavy (non-hydrogen) atoms. The Morgan fingerprint density at radius 3 is 2.94 bits per heavy atom. The van der Waals surface area contributed by atoms with Gasteiger partial charge in [-0.15, -0.1) is 0 Å². The van der Waals surface area contributed by atoms with Gasteiger partial charge in [-0.3, -0.25) is 0 Å². The smallest absolute Gasteiger partial charge is 0.205 e. The molecule has 4 nitrogen and oxygen atoms in total. The fourth-order valence-electron chi connectivity index (χ4n) is 2.33. The largest absolute Gasteiger partial charge is 0.341 e. The Morgan fingerprint density at radius 2 is 2.18 bits per heavy atom. The molecule has 0 unspecified atom stereocenters. The van der Waals surface area contributed by atoms with E-state index < -0.39 is 0 Å². The number of nitrogens with zero attached hydrogens (tertiary/aromatic N) is 3. The van der Waals surface area contributed by atoms with E-state index in [4.69, 9.17) is 4.98 Å². The predicted octanol–water partition coefficient (Wildman–Crippen LogP) is 1.66. The Hall–Kier alpha value is -1.03. The van der Waals surface area contributed by atoms with Crippen molar-refractivity contribution in [2.75, 3.05) is 31.1 Å². The quantitative estimate of drug-likeness (QED) is 0.863. The van der Waals surface area contributed by atoms with Crippen LogP contribution >= 0.6 is 0 Å². The number of anilines is 1. The molecule has 0 bridgehead atoms. The van der Waals surface area contributed by atoms with Gasteiger partial charge >= 0.3 is 0 Å². The first kappa shape index (κ1) is 12.4. The van der Waals surface area contributed by atoms with Crippen LogP contribution in [0.15, 0.2) is 6.20 Å². The van der Waals surface area contributed by atoms with Gasteiger partial charge in [0.05, 0.1) is 5.69 Å². The summed E-state index contributed by atoms with van der Waals surface area (Å²) in [4.78, 5) is 7.20. The predicted molar refractivity (Wildman–Crippen MR) is 71.6 cm³/mol. The molecule has 96 valence electrons. The first-order valence-corrected chi connectivity index (χ1v) is 6.86. The summed E-state index contributed by atoms with van der Waals surface area (Å²) in [5, 5.41) is 3.44. The lowest BCUT2D eigenvalue weighted by molar-refractivity contribution is 0.650. The molecule has 0 radical (unpaired) electrons. The van der Waals surface area contributed by atoms with E-state index in [1.54, 1.807) is 0 Å².